The van der Waals surface area contributed by atoms with Crippen molar-refractivity contribution < 1.29 is 0 Å². The van der Waals surface area contributed by atoms with Gasteiger partial charge >= 0.3 is 0 Å². The summed E-state index contributed by atoms with van der Waals surface area (Å²) in [4.78, 5) is 24.2. The van der Waals surface area contributed by atoms with Crippen LogP contribution in [0.1, 0.15) is 31.0 Å². The van der Waals surface area contributed by atoms with Crippen molar-refractivity contribution in [3.05, 3.63) is 75.3 Å². The van der Waals surface area contributed by atoms with E-state index in [1.54, 1.807) is 17.0 Å². The number of hydrogen-bond acceptors (Lipinski definition) is 4. The normalized spacial score (nSPS) is 15.9. The average Bonchev–Trinajstić information content (AvgIpc) is 3.14. The van der Waals surface area contributed by atoms with Gasteiger partial charge in [0.25, 0.3) is 5.56 Å². The predicted octanol–water partition coefficient (Wildman–Crippen LogP) is 4.09. The summed E-state index contributed by atoms with van der Waals surface area (Å²) in [5.74, 6) is 0.843. The van der Waals surface area contributed by atoms with Gasteiger partial charge in [0.1, 0.15) is 5.65 Å². The minimum Gasteiger partial charge on any atom is -0.309 e. The Morgan fingerprint density at radius 1 is 1.07 bits per heavy atom. The highest BCUT2D eigenvalue weighted by atomic mass is 79.9. The van der Waals surface area contributed by atoms with E-state index >= 15 is 0 Å². The minimum absolute atomic E-state index is 0.0571. The van der Waals surface area contributed by atoms with Gasteiger partial charge in [-0.3, -0.25) is 14.7 Å². The number of likely N-dealkylation sites (tertiary alicyclic amines) is 1. The number of aromatic nitrogens is 4. The molecule has 1 fully saturated rings. The Morgan fingerprint density at radius 2 is 1.90 bits per heavy atom. The second kappa shape index (κ2) is 7.96. The summed E-state index contributed by atoms with van der Waals surface area (Å²) in [5.41, 5.74) is 3.00. The zero-order chi connectivity index (χ0) is 20.7. The van der Waals surface area contributed by atoms with E-state index in [1.807, 2.05) is 18.5 Å². The third-order valence-corrected chi connectivity index (χ3v) is 6.66. The Labute approximate surface area is 183 Å². The Bertz CT molecular complexity index is 1270. The zero-order valence-corrected chi connectivity index (χ0v) is 18.5. The molecule has 30 heavy (non-hydrogen) atoms. The van der Waals surface area contributed by atoms with E-state index in [0.717, 1.165) is 33.7 Å². The van der Waals surface area contributed by atoms with E-state index in [1.165, 1.54) is 31.5 Å². The molecule has 1 aliphatic heterocycles. The molecule has 1 saturated heterocycles. The van der Waals surface area contributed by atoms with Gasteiger partial charge in [0.2, 0.25) is 0 Å². The minimum atomic E-state index is -0.0571. The highest BCUT2D eigenvalue weighted by Gasteiger charge is 2.16. The lowest BCUT2D eigenvalue weighted by atomic mass is 9.99. The Hall–Kier alpha value is -2.51. The van der Waals surface area contributed by atoms with Gasteiger partial charge in [-0.15, -0.1) is 0 Å². The van der Waals surface area contributed by atoms with Gasteiger partial charge in [-0.1, -0.05) is 13.0 Å². The smallest absolute Gasteiger partial charge is 0.260 e. The van der Waals surface area contributed by atoms with Crippen molar-refractivity contribution in [2.45, 2.75) is 32.9 Å². The topological polar surface area (TPSA) is 55.4 Å². The average molecular weight is 466 g/mol. The molecular weight excluding hydrogens is 442 g/mol. The molecule has 0 amide bonds. The first-order valence-corrected chi connectivity index (χ1v) is 11.2. The lowest BCUT2D eigenvalue weighted by molar-refractivity contribution is 0.185. The Balaban J connectivity index is 1.38. The van der Waals surface area contributed by atoms with Crippen LogP contribution in [0.25, 0.3) is 16.4 Å². The van der Waals surface area contributed by atoms with Crippen molar-refractivity contribution in [2.24, 2.45) is 5.92 Å². The van der Waals surface area contributed by atoms with Crippen molar-refractivity contribution >= 4 is 32.3 Å². The molecule has 5 heterocycles. The van der Waals surface area contributed by atoms with Crippen LogP contribution in [0.3, 0.4) is 0 Å². The van der Waals surface area contributed by atoms with E-state index in [2.05, 4.69) is 55.5 Å². The molecule has 0 N–H and O–H groups in total. The molecule has 7 heteroatoms. The van der Waals surface area contributed by atoms with Gasteiger partial charge in [0.05, 0.1) is 17.6 Å². The largest absolute Gasteiger partial charge is 0.309 e. The molecule has 0 spiro atoms. The number of pyridine rings is 3. The first-order chi connectivity index (χ1) is 14.6. The molecule has 0 radical (unpaired) electrons. The van der Waals surface area contributed by atoms with Gasteiger partial charge in [0.15, 0.2) is 0 Å². The fraction of sp³-hybridized carbons (Fsp3) is 0.348. The second-order valence-electron chi connectivity index (χ2n) is 8.33. The van der Waals surface area contributed by atoms with E-state index in [0.29, 0.717) is 11.9 Å². The van der Waals surface area contributed by atoms with Gasteiger partial charge in [-0.25, -0.2) is 4.98 Å². The van der Waals surface area contributed by atoms with Gasteiger partial charge in [0, 0.05) is 47.4 Å². The Kier molecular flexibility index (Phi) is 5.16. The van der Waals surface area contributed by atoms with Gasteiger partial charge < -0.3 is 8.97 Å². The second-order valence-corrected chi connectivity index (χ2v) is 9.18. The van der Waals surface area contributed by atoms with Crippen LogP contribution in [0.5, 0.6) is 0 Å². The lowest BCUT2D eigenvalue weighted by Gasteiger charge is -2.30. The molecular formula is C23H24BrN5O. The summed E-state index contributed by atoms with van der Waals surface area (Å²) in [6.07, 6.45) is 11.9. The molecule has 0 aromatic carbocycles. The van der Waals surface area contributed by atoms with Crippen LogP contribution in [0, 0.1) is 5.92 Å². The van der Waals surface area contributed by atoms with E-state index in [4.69, 9.17) is 4.98 Å². The van der Waals surface area contributed by atoms with Crippen LogP contribution in [-0.4, -0.2) is 36.9 Å². The third kappa shape index (κ3) is 3.79. The molecule has 5 rings (SSSR count). The van der Waals surface area contributed by atoms with Crippen LogP contribution >= 0.6 is 15.9 Å². The monoisotopic (exact) mass is 465 g/mol. The van der Waals surface area contributed by atoms with Crippen molar-refractivity contribution in [3.8, 4) is 0 Å². The number of nitrogens with zero attached hydrogens (tertiary/aromatic N) is 5. The number of piperidine rings is 1. The van der Waals surface area contributed by atoms with E-state index in [9.17, 15) is 4.79 Å². The maximum absolute atomic E-state index is 12.9. The molecule has 0 unspecified atom stereocenters. The maximum atomic E-state index is 12.9. The molecule has 0 saturated carbocycles. The quantitative estimate of drug-likeness (QED) is 0.455. The molecule has 0 atom stereocenters. The van der Waals surface area contributed by atoms with E-state index < -0.39 is 0 Å². The predicted molar refractivity (Wildman–Crippen MR) is 122 cm³/mol. The number of imidazole rings is 1. The summed E-state index contributed by atoms with van der Waals surface area (Å²) in [6.45, 7) is 6.09. The molecule has 1 aliphatic rings. The number of rotatable bonds is 4. The van der Waals surface area contributed by atoms with Crippen LogP contribution in [-0.2, 0) is 13.1 Å². The standard InChI is InChI=1S/C23H24BrN5O/c1-16-4-7-27(8-5-16)12-17-2-3-22-26-18(15-29(22)13-17)14-28-9-6-19-20(23(28)30)10-25-11-21(19)24/h2-3,6,9-11,13,15-16H,4-5,7-8,12,14H2,1H3. The molecule has 0 bridgehead atoms. The Morgan fingerprint density at radius 3 is 2.73 bits per heavy atom. The van der Waals surface area contributed by atoms with Crippen molar-refractivity contribution in [3.63, 3.8) is 0 Å². The highest BCUT2D eigenvalue weighted by molar-refractivity contribution is 9.10. The SMILES string of the molecule is CC1CCN(Cc2ccc3nc(Cn4ccc5c(Br)cncc5c4=O)cn3c2)CC1. The summed E-state index contributed by atoms with van der Waals surface area (Å²) in [5, 5.41) is 1.48. The summed E-state index contributed by atoms with van der Waals surface area (Å²) in [7, 11) is 0. The lowest BCUT2D eigenvalue weighted by Crippen LogP contribution is -2.32. The van der Waals surface area contributed by atoms with Crippen LogP contribution in [0.4, 0.5) is 0 Å². The third-order valence-electron chi connectivity index (χ3n) is 6.03. The summed E-state index contributed by atoms with van der Waals surface area (Å²) < 4.78 is 4.59. The van der Waals surface area contributed by atoms with Crippen LogP contribution in [0.15, 0.2) is 58.5 Å². The van der Waals surface area contributed by atoms with Crippen molar-refractivity contribution in [1.29, 1.82) is 0 Å². The molecule has 4 aromatic rings. The molecule has 6 nitrogen and oxygen atoms in total. The number of halogens is 1. The zero-order valence-electron chi connectivity index (χ0n) is 17.0. The number of fused-ring (bicyclic) bond motifs is 2. The fourth-order valence-electron chi connectivity index (χ4n) is 4.21. The first kappa shape index (κ1) is 19.5. The molecule has 154 valence electrons. The molecule has 4 aromatic heterocycles. The molecule has 0 aliphatic carbocycles. The van der Waals surface area contributed by atoms with E-state index in [-0.39, 0.29) is 5.56 Å². The maximum Gasteiger partial charge on any atom is 0.260 e. The number of hydrogen-bond donors (Lipinski definition) is 0. The van der Waals surface area contributed by atoms with Gasteiger partial charge in [-0.2, -0.15) is 0 Å². The van der Waals surface area contributed by atoms with Crippen molar-refractivity contribution in [2.75, 3.05) is 13.1 Å². The summed E-state index contributed by atoms with van der Waals surface area (Å²) >= 11 is 3.46. The fourth-order valence-corrected chi connectivity index (χ4v) is 4.67. The van der Waals surface area contributed by atoms with Crippen LogP contribution < -0.4 is 5.56 Å². The van der Waals surface area contributed by atoms with Gasteiger partial charge in [-0.05, 0) is 65.5 Å². The van der Waals surface area contributed by atoms with Crippen LogP contribution in [0.2, 0.25) is 0 Å². The first-order valence-electron chi connectivity index (χ1n) is 10.4. The highest BCUT2D eigenvalue weighted by Crippen LogP contribution is 2.20. The van der Waals surface area contributed by atoms with Crippen molar-refractivity contribution in [1.82, 2.24) is 23.8 Å². The summed E-state index contributed by atoms with van der Waals surface area (Å²) in [6, 6.07) is 6.17.